The molecule has 0 spiro atoms. The molecule has 0 saturated heterocycles. The van der Waals surface area contributed by atoms with Crippen LogP contribution in [0, 0.1) is 17.3 Å². The summed E-state index contributed by atoms with van der Waals surface area (Å²) in [5.74, 6) is 0.932. The van der Waals surface area contributed by atoms with Gasteiger partial charge >= 0.3 is 21.7 Å². The number of carbonyl (C=O) groups is 2. The fourth-order valence-electron chi connectivity index (χ4n) is 3.47. The molecule has 7 heteroatoms. The van der Waals surface area contributed by atoms with E-state index in [1.54, 1.807) is 34.6 Å². The van der Waals surface area contributed by atoms with Crippen molar-refractivity contribution in [3.05, 3.63) is 5.73 Å². The number of carbonyl (C=O) groups excluding carboxylic acids is 2. The Balaban J connectivity index is -0.000000199. The summed E-state index contributed by atoms with van der Waals surface area (Å²) < 4.78 is 0. The third-order valence-corrected chi connectivity index (χ3v) is 4.53. The number of nitrogens with one attached hydrogen (secondary N) is 2. The minimum absolute atomic E-state index is 0. The van der Waals surface area contributed by atoms with E-state index in [1.807, 2.05) is 0 Å². The summed E-state index contributed by atoms with van der Waals surface area (Å²) in [6.45, 7) is 18.6. The Hall–Kier alpha value is -0.426. The summed E-state index contributed by atoms with van der Waals surface area (Å²) in [6.07, 6.45) is 4.04. The van der Waals surface area contributed by atoms with Gasteiger partial charge in [-0.2, -0.15) is 0 Å². The minimum Gasteiger partial charge on any atom is -0.852 e. The van der Waals surface area contributed by atoms with Crippen LogP contribution in [0.3, 0.4) is 0 Å². The zero-order valence-electron chi connectivity index (χ0n) is 20.3. The topological polar surface area (TPSA) is 116 Å². The maximum atomic E-state index is 11.2. The van der Waals surface area contributed by atoms with Gasteiger partial charge in [0.1, 0.15) is 0 Å². The minimum atomic E-state index is -0.583. The smallest absolute Gasteiger partial charge is 0.852 e. The van der Waals surface area contributed by atoms with E-state index in [0.29, 0.717) is 23.3 Å². The second-order valence-corrected chi connectivity index (χ2v) is 8.69. The normalized spacial score (nSPS) is 17.0. The van der Waals surface area contributed by atoms with Gasteiger partial charge in [0.05, 0.1) is 0 Å². The van der Waals surface area contributed by atoms with Gasteiger partial charge in [0.2, 0.25) is 5.91 Å². The molecule has 1 atom stereocenters. The van der Waals surface area contributed by atoms with Gasteiger partial charge in [0.15, 0.2) is 0 Å². The summed E-state index contributed by atoms with van der Waals surface area (Å²) in [5, 5.41) is 22.2. The van der Waals surface area contributed by atoms with E-state index in [4.69, 9.17) is 10.5 Å². The SMILES string of the molecule is CC(=O)NC1CCCC(C(C)C)(C(C)C)C1.CC(C)[O-].CC(C)[O-].CC([NH-])=O.[Ti+3]. The van der Waals surface area contributed by atoms with Gasteiger partial charge < -0.3 is 26.1 Å². The van der Waals surface area contributed by atoms with Crippen LogP contribution >= 0.6 is 0 Å². The van der Waals surface area contributed by atoms with E-state index in [-0.39, 0.29) is 27.6 Å². The van der Waals surface area contributed by atoms with E-state index in [9.17, 15) is 15.0 Å². The molecule has 6 nitrogen and oxygen atoms in total. The van der Waals surface area contributed by atoms with Crippen molar-refractivity contribution in [1.29, 1.82) is 0 Å². The molecule has 0 bridgehead atoms. The first kappa shape index (κ1) is 36.0. The molecule has 0 aromatic rings. The van der Waals surface area contributed by atoms with Crippen molar-refractivity contribution < 1.29 is 41.5 Å². The van der Waals surface area contributed by atoms with Crippen LogP contribution in [0.5, 0.6) is 0 Å². The molecule has 0 aromatic carbocycles. The number of hydrogen-bond acceptors (Lipinski definition) is 4. The Morgan fingerprint density at radius 1 is 0.931 bits per heavy atom. The predicted molar refractivity (Wildman–Crippen MR) is 113 cm³/mol. The van der Waals surface area contributed by atoms with Crippen LogP contribution in [0.2, 0.25) is 0 Å². The third-order valence-electron chi connectivity index (χ3n) is 4.53. The van der Waals surface area contributed by atoms with Gasteiger partial charge in [-0.25, -0.2) is 0 Å². The summed E-state index contributed by atoms with van der Waals surface area (Å²) >= 11 is 0. The molecule has 1 saturated carbocycles. The first-order valence-electron chi connectivity index (χ1n) is 10.4. The Labute approximate surface area is 194 Å². The molecule has 29 heavy (non-hydrogen) atoms. The van der Waals surface area contributed by atoms with Crippen molar-refractivity contribution in [3.63, 3.8) is 0 Å². The zero-order chi connectivity index (χ0) is 23.1. The van der Waals surface area contributed by atoms with Gasteiger partial charge in [-0.1, -0.05) is 61.8 Å². The summed E-state index contributed by atoms with van der Waals surface area (Å²) in [5.41, 5.74) is 6.37. The van der Waals surface area contributed by atoms with Crippen LogP contribution in [0.4, 0.5) is 0 Å². The molecule has 1 fully saturated rings. The fourth-order valence-corrected chi connectivity index (χ4v) is 3.47. The van der Waals surface area contributed by atoms with Crippen LogP contribution in [-0.2, 0) is 31.3 Å². The standard InChI is InChI=1S/C14H27NO.2C3H7O.C2H5NO.Ti/c1-10(2)14(11(3)4)8-6-7-13(9-14)15-12(5)16;2*1-3(2)4;1-2(3)4;/h10-11,13H,6-9H2,1-5H3,(H,15,16);2*3H,1-2H3;1H3,(H2,3,4);/q;2*-1;;+3/p-1. The van der Waals surface area contributed by atoms with E-state index in [2.05, 4.69) is 33.0 Å². The van der Waals surface area contributed by atoms with Gasteiger partial charge in [-0.05, 0) is 43.4 Å². The molecule has 0 aromatic heterocycles. The first-order valence-corrected chi connectivity index (χ1v) is 10.4. The number of amides is 2. The molecule has 1 aliphatic rings. The van der Waals surface area contributed by atoms with Crippen molar-refractivity contribution in [2.45, 2.75) is 113 Å². The quantitative estimate of drug-likeness (QED) is 0.664. The summed E-state index contributed by atoms with van der Waals surface area (Å²) in [7, 11) is 0. The summed E-state index contributed by atoms with van der Waals surface area (Å²) in [4.78, 5) is 20.3. The second-order valence-electron chi connectivity index (χ2n) is 8.69. The van der Waals surface area contributed by atoms with Crippen molar-refractivity contribution >= 4 is 11.8 Å². The van der Waals surface area contributed by atoms with Crippen LogP contribution in [-0.4, -0.2) is 30.1 Å². The molecular formula is C22H45N2O4Ti. The van der Waals surface area contributed by atoms with Gasteiger partial charge in [-0.3, -0.25) is 4.79 Å². The maximum Gasteiger partial charge on any atom is 3.00 e. The predicted octanol–water partition coefficient (Wildman–Crippen LogP) is 3.46. The Morgan fingerprint density at radius 3 is 1.48 bits per heavy atom. The molecule has 1 aliphatic carbocycles. The van der Waals surface area contributed by atoms with Crippen LogP contribution in [0.25, 0.3) is 5.73 Å². The number of hydrogen-bond donors (Lipinski definition) is 1. The van der Waals surface area contributed by atoms with Crippen LogP contribution < -0.4 is 15.5 Å². The molecule has 2 amide bonds. The molecule has 2 N–H and O–H groups in total. The van der Waals surface area contributed by atoms with Crippen molar-refractivity contribution in [3.8, 4) is 0 Å². The Morgan fingerprint density at radius 2 is 1.24 bits per heavy atom. The molecular weight excluding hydrogens is 404 g/mol. The maximum absolute atomic E-state index is 11.2. The van der Waals surface area contributed by atoms with E-state index in [0.717, 1.165) is 12.8 Å². The molecule has 1 rings (SSSR count). The molecule has 0 heterocycles. The molecule has 0 aliphatic heterocycles. The molecule has 1 unspecified atom stereocenters. The van der Waals surface area contributed by atoms with Crippen LogP contribution in [0.15, 0.2) is 0 Å². The molecule has 1 radical (unpaired) electrons. The summed E-state index contributed by atoms with van der Waals surface area (Å²) in [6, 6.07) is 0.399. The second kappa shape index (κ2) is 19.5. The fraction of sp³-hybridized carbons (Fsp3) is 0.909. The first-order chi connectivity index (χ1) is 12.6. The Bertz CT molecular complexity index is 390. The van der Waals surface area contributed by atoms with E-state index in [1.165, 1.54) is 19.8 Å². The van der Waals surface area contributed by atoms with E-state index >= 15 is 0 Å². The average Bonchev–Trinajstić information content (AvgIpc) is 2.44. The van der Waals surface area contributed by atoms with Crippen LogP contribution in [0.1, 0.15) is 94.9 Å². The Kier molecular flexibility index (Phi) is 24.2. The van der Waals surface area contributed by atoms with Gasteiger partial charge in [0.25, 0.3) is 0 Å². The van der Waals surface area contributed by atoms with E-state index < -0.39 is 18.1 Å². The monoisotopic (exact) mass is 449 g/mol. The third kappa shape index (κ3) is 23.7. The van der Waals surface area contributed by atoms with Crippen molar-refractivity contribution in [1.82, 2.24) is 5.32 Å². The average molecular weight is 449 g/mol. The van der Waals surface area contributed by atoms with Gasteiger partial charge in [-0.15, -0.1) is 12.2 Å². The van der Waals surface area contributed by atoms with Crippen molar-refractivity contribution in [2.75, 3.05) is 0 Å². The molecule has 171 valence electrons. The van der Waals surface area contributed by atoms with Gasteiger partial charge in [0, 0.05) is 18.9 Å². The zero-order valence-corrected chi connectivity index (χ0v) is 21.9. The largest absolute Gasteiger partial charge is 3.00 e. The van der Waals surface area contributed by atoms with Crippen molar-refractivity contribution in [2.24, 2.45) is 17.3 Å². The number of rotatable bonds is 3.